The summed E-state index contributed by atoms with van der Waals surface area (Å²) in [5.41, 5.74) is 3.08. The third-order valence-electron chi connectivity index (χ3n) is 11.8. The molecular weight excluding hydrogens is 813 g/mol. The Balaban J connectivity index is 1.31. The van der Waals surface area contributed by atoms with Gasteiger partial charge in [0.2, 0.25) is 23.6 Å². The molecule has 18 nitrogen and oxygen atoms in total. The van der Waals surface area contributed by atoms with Crippen molar-refractivity contribution in [1.29, 1.82) is 0 Å². The maximum absolute atomic E-state index is 14.1. The third kappa shape index (κ3) is 11.4. The van der Waals surface area contributed by atoms with Gasteiger partial charge in [-0.25, -0.2) is 14.5 Å². The number of hydrogen-bond acceptors (Lipinski definition) is 8. The molecule has 2 aromatic carbocycles. The Morgan fingerprint density at radius 3 is 1.73 bits per heavy atom. The number of imide groups is 1. The molecule has 8 atom stereocenters. The standard InChI is InChI=1S/C45H58N8O10/c1-7-24(5)37(41(58)49-34(44(61)62)19-27-22-47-31-16-12-10-14-29(27)31)52-42(59)38(25(6)8-2)51-39(56)32(20-36(54)55)48-40(57)35(17-23(3)4)53-43(60)33(50-45(53)63)18-26-21-46-30-15-11-9-13-28(26)30/h9-16,21-25,32-35,37-38,46-47H,7-8,17-20H2,1-6H3,(H,48,57)(H,49,58)(H,50,63)(H,51,56)(H,52,59)(H,54,55)(H,61,62)/t24-,25-,32-,33+,34-,35-,37-,38-/m0/s1. The number of nitrogens with zero attached hydrogens (tertiary/aromatic N) is 1. The molecule has 0 saturated carbocycles. The van der Waals surface area contributed by atoms with Crippen LogP contribution in [0.2, 0.25) is 0 Å². The summed E-state index contributed by atoms with van der Waals surface area (Å²) in [6, 6.07) is 5.90. The van der Waals surface area contributed by atoms with Crippen molar-refractivity contribution in [3.8, 4) is 0 Å². The summed E-state index contributed by atoms with van der Waals surface area (Å²) in [6.45, 7) is 10.5. The second-order valence-electron chi connectivity index (χ2n) is 16.8. The molecule has 1 fully saturated rings. The van der Waals surface area contributed by atoms with Gasteiger partial charge in [-0.1, -0.05) is 90.8 Å². The SMILES string of the molecule is CC[C@H](C)[C@H](NC(=O)[C@H](CC(=O)O)NC(=O)[C@H](CC(C)C)N1C(=O)N[C@H](Cc2c[nH]c3ccccc23)C1=O)C(=O)N[C@H](C(=O)N[C@@H](Cc1c[nH]c2ccccc12)C(=O)O)[C@@H](C)CC. The molecule has 1 aliphatic rings. The Morgan fingerprint density at radius 1 is 0.683 bits per heavy atom. The van der Waals surface area contributed by atoms with Crippen LogP contribution in [-0.4, -0.2) is 109 Å². The highest BCUT2D eigenvalue weighted by Gasteiger charge is 2.46. The van der Waals surface area contributed by atoms with Crippen molar-refractivity contribution in [3.05, 3.63) is 72.1 Å². The molecule has 7 amide bonds. The van der Waals surface area contributed by atoms with Crippen LogP contribution in [0.15, 0.2) is 60.9 Å². The Kier molecular flexibility index (Phi) is 15.7. The van der Waals surface area contributed by atoms with E-state index < -0.39 is 102 Å². The van der Waals surface area contributed by atoms with Gasteiger partial charge in [-0.2, -0.15) is 0 Å². The fraction of sp³-hybridized carbons (Fsp3) is 0.467. The molecule has 0 spiro atoms. The zero-order valence-electron chi connectivity index (χ0n) is 36.3. The number of nitrogens with one attached hydrogen (secondary N) is 7. The number of fused-ring (bicyclic) bond motifs is 2. The number of carboxylic acid groups (broad SMARTS) is 2. The molecule has 1 aliphatic heterocycles. The minimum atomic E-state index is -1.75. The molecule has 0 aliphatic carbocycles. The molecule has 2 aromatic heterocycles. The smallest absolute Gasteiger partial charge is 0.326 e. The zero-order valence-corrected chi connectivity index (χ0v) is 36.3. The number of carboxylic acids is 2. The lowest BCUT2D eigenvalue weighted by Crippen LogP contribution is -2.61. The molecule has 18 heteroatoms. The van der Waals surface area contributed by atoms with Gasteiger partial charge >= 0.3 is 18.0 Å². The number of amides is 7. The monoisotopic (exact) mass is 870 g/mol. The van der Waals surface area contributed by atoms with E-state index in [4.69, 9.17) is 0 Å². The first kappa shape index (κ1) is 47.3. The van der Waals surface area contributed by atoms with Gasteiger partial charge in [-0.15, -0.1) is 0 Å². The fourth-order valence-electron chi connectivity index (χ4n) is 7.81. The van der Waals surface area contributed by atoms with Crippen molar-refractivity contribution in [2.45, 2.75) is 116 Å². The lowest BCUT2D eigenvalue weighted by atomic mass is 9.94. The van der Waals surface area contributed by atoms with Crippen molar-refractivity contribution in [2.24, 2.45) is 17.8 Å². The van der Waals surface area contributed by atoms with Crippen LogP contribution in [0.3, 0.4) is 0 Å². The summed E-state index contributed by atoms with van der Waals surface area (Å²) in [5.74, 6) is -8.21. The average molecular weight is 871 g/mol. The van der Waals surface area contributed by atoms with Gasteiger partial charge in [0.25, 0.3) is 5.91 Å². The molecule has 4 aromatic rings. The van der Waals surface area contributed by atoms with Crippen LogP contribution in [0.4, 0.5) is 4.79 Å². The molecule has 0 bridgehead atoms. The Morgan fingerprint density at radius 2 is 1.19 bits per heavy atom. The summed E-state index contributed by atoms with van der Waals surface area (Å²) < 4.78 is 0. The molecule has 338 valence electrons. The predicted molar refractivity (Wildman–Crippen MR) is 233 cm³/mol. The van der Waals surface area contributed by atoms with Gasteiger partial charge in [0.05, 0.1) is 6.42 Å². The Bertz CT molecular complexity index is 2340. The normalized spacial score (nSPS) is 17.3. The minimum Gasteiger partial charge on any atom is -0.481 e. The van der Waals surface area contributed by atoms with Crippen LogP contribution in [0.25, 0.3) is 21.8 Å². The molecule has 63 heavy (non-hydrogen) atoms. The molecule has 1 saturated heterocycles. The number of hydrogen-bond donors (Lipinski definition) is 9. The van der Waals surface area contributed by atoms with E-state index in [1.807, 2.05) is 48.5 Å². The van der Waals surface area contributed by atoms with Crippen LogP contribution in [0.5, 0.6) is 0 Å². The van der Waals surface area contributed by atoms with E-state index in [-0.39, 0.29) is 25.2 Å². The summed E-state index contributed by atoms with van der Waals surface area (Å²) in [4.78, 5) is 115. The van der Waals surface area contributed by atoms with Crippen LogP contribution in [0, 0.1) is 17.8 Å². The van der Waals surface area contributed by atoms with Gasteiger partial charge in [0.15, 0.2) is 0 Å². The largest absolute Gasteiger partial charge is 0.481 e. The number of urea groups is 1. The number of carbonyl (C=O) groups is 8. The quantitative estimate of drug-likeness (QED) is 0.0520. The van der Waals surface area contributed by atoms with Crippen LogP contribution in [0.1, 0.15) is 78.4 Å². The van der Waals surface area contributed by atoms with Gasteiger partial charge < -0.3 is 46.8 Å². The number of H-pyrrole nitrogens is 2. The van der Waals surface area contributed by atoms with Gasteiger partial charge in [0, 0.05) is 47.0 Å². The molecular formula is C45H58N8O10. The Labute approximate surface area is 364 Å². The highest BCUT2D eigenvalue weighted by molar-refractivity contribution is 6.08. The van der Waals surface area contributed by atoms with E-state index in [1.54, 1.807) is 53.9 Å². The molecule has 0 unspecified atom stereocenters. The van der Waals surface area contributed by atoms with E-state index in [2.05, 4.69) is 36.6 Å². The first-order valence-corrected chi connectivity index (χ1v) is 21.3. The maximum atomic E-state index is 14.1. The molecule has 5 rings (SSSR count). The van der Waals surface area contributed by atoms with E-state index in [1.165, 1.54) is 0 Å². The van der Waals surface area contributed by atoms with E-state index >= 15 is 0 Å². The lowest BCUT2D eigenvalue weighted by Gasteiger charge is -2.31. The van der Waals surface area contributed by atoms with Gasteiger partial charge in [-0.05, 0) is 47.4 Å². The Hall–Kier alpha value is -6.72. The van der Waals surface area contributed by atoms with Crippen molar-refractivity contribution >= 4 is 69.3 Å². The van der Waals surface area contributed by atoms with Crippen molar-refractivity contribution in [3.63, 3.8) is 0 Å². The summed E-state index contributed by atoms with van der Waals surface area (Å²) in [6.07, 6.45) is 3.35. The topological polar surface area (TPSA) is 272 Å². The number of para-hydroxylation sites is 2. The van der Waals surface area contributed by atoms with Crippen molar-refractivity contribution < 1.29 is 48.6 Å². The first-order chi connectivity index (χ1) is 29.9. The average Bonchev–Trinajstić information content (AvgIpc) is 3.93. The second kappa shape index (κ2) is 20.9. The van der Waals surface area contributed by atoms with Crippen molar-refractivity contribution in [2.75, 3.05) is 0 Å². The fourth-order valence-corrected chi connectivity index (χ4v) is 7.81. The highest BCUT2D eigenvalue weighted by atomic mass is 16.4. The summed E-state index contributed by atoms with van der Waals surface area (Å²) >= 11 is 0. The maximum Gasteiger partial charge on any atom is 0.326 e. The summed E-state index contributed by atoms with van der Waals surface area (Å²) in [5, 5.41) is 34.6. The zero-order chi connectivity index (χ0) is 46.1. The van der Waals surface area contributed by atoms with Crippen LogP contribution in [-0.2, 0) is 46.4 Å². The minimum absolute atomic E-state index is 0.00626. The number of aromatic amines is 2. The number of carbonyl (C=O) groups excluding carboxylic acids is 6. The van der Waals surface area contributed by atoms with Gasteiger partial charge in [-0.3, -0.25) is 28.8 Å². The first-order valence-electron chi connectivity index (χ1n) is 21.3. The molecule has 0 radical (unpaired) electrons. The van der Waals surface area contributed by atoms with Crippen LogP contribution < -0.4 is 26.6 Å². The highest BCUT2D eigenvalue weighted by Crippen LogP contribution is 2.25. The second-order valence-corrected chi connectivity index (χ2v) is 16.8. The number of aliphatic carboxylic acids is 2. The van der Waals surface area contributed by atoms with E-state index in [0.29, 0.717) is 18.4 Å². The summed E-state index contributed by atoms with van der Waals surface area (Å²) in [7, 11) is 0. The number of benzene rings is 2. The molecule has 3 heterocycles. The third-order valence-corrected chi connectivity index (χ3v) is 11.8. The number of rotatable bonds is 22. The van der Waals surface area contributed by atoms with Crippen molar-refractivity contribution in [1.82, 2.24) is 41.5 Å². The molecule has 9 N–H and O–H groups in total. The van der Waals surface area contributed by atoms with Crippen LogP contribution >= 0.6 is 0 Å². The van der Waals surface area contributed by atoms with E-state index in [9.17, 15) is 48.6 Å². The van der Waals surface area contributed by atoms with E-state index in [0.717, 1.165) is 32.3 Å². The lowest BCUT2D eigenvalue weighted by molar-refractivity contribution is -0.143. The number of aromatic nitrogens is 2. The predicted octanol–water partition coefficient (Wildman–Crippen LogP) is 3.36. The van der Waals surface area contributed by atoms with Gasteiger partial charge in [0.1, 0.15) is 36.3 Å².